The fourth-order valence-electron chi connectivity index (χ4n) is 2.95. The number of amides is 1. The summed E-state index contributed by atoms with van der Waals surface area (Å²) in [5, 5.41) is 6.44. The van der Waals surface area contributed by atoms with Crippen LogP contribution in [0, 0.1) is 13.8 Å². The maximum Gasteiger partial charge on any atom is 0.226 e. The Morgan fingerprint density at radius 2 is 2.00 bits per heavy atom. The summed E-state index contributed by atoms with van der Waals surface area (Å²) < 4.78 is 0. The number of carbonyl (C=O) groups excluding carboxylic acids is 1. The van der Waals surface area contributed by atoms with Crippen molar-refractivity contribution in [3.05, 3.63) is 59.0 Å². The average Bonchev–Trinajstić information content (AvgIpc) is 3.34. The van der Waals surface area contributed by atoms with E-state index in [4.69, 9.17) is 0 Å². The highest BCUT2D eigenvalue weighted by atomic mass is 32.2. The molecule has 148 valence electrons. The smallest absolute Gasteiger partial charge is 0.226 e. The van der Waals surface area contributed by atoms with Crippen LogP contribution in [0.1, 0.15) is 24.0 Å². The van der Waals surface area contributed by atoms with E-state index < -0.39 is 0 Å². The predicted molar refractivity (Wildman–Crippen MR) is 122 cm³/mol. The topological polar surface area (TPSA) is 70.7 Å². The number of thiazole rings is 1. The zero-order chi connectivity index (χ0) is 20.2. The largest absolute Gasteiger partial charge is 0.333 e. The van der Waals surface area contributed by atoms with Crippen molar-refractivity contribution < 1.29 is 4.79 Å². The summed E-state index contributed by atoms with van der Waals surface area (Å²) in [5.74, 6) is 0.829. The minimum atomic E-state index is -0.00353. The summed E-state index contributed by atoms with van der Waals surface area (Å²) in [4.78, 5) is 24.6. The monoisotopic (exact) mass is 422 g/mol. The second-order valence-electron chi connectivity index (χ2n) is 6.90. The Morgan fingerprint density at radius 3 is 2.83 bits per heavy atom. The van der Waals surface area contributed by atoms with Crippen LogP contribution in [-0.2, 0) is 4.79 Å². The Labute approximate surface area is 178 Å². The number of para-hydroxylation sites is 2. The molecule has 2 aromatic heterocycles. The standard InChI is InChI=1S/C22H22N4OS2/c1-14-9-10-16(12-15(14)2)19-13-29-22(25-19)26-20(27)8-5-11-28-21-23-17-6-3-4-7-18(17)24-21/h3-4,6-7,9-10,12-13H,5,8,11H2,1-2H3,(H,23,24)(H,25,26,27). The highest BCUT2D eigenvalue weighted by Crippen LogP contribution is 2.27. The van der Waals surface area contributed by atoms with Crippen LogP contribution in [0.25, 0.3) is 22.3 Å². The number of thioether (sulfide) groups is 1. The second kappa shape index (κ2) is 8.80. The molecule has 0 bridgehead atoms. The van der Waals surface area contributed by atoms with Crippen LogP contribution in [0.4, 0.5) is 5.13 Å². The van der Waals surface area contributed by atoms with Crippen molar-refractivity contribution in [2.45, 2.75) is 31.8 Å². The molecule has 0 spiro atoms. The number of hydrogen-bond donors (Lipinski definition) is 2. The van der Waals surface area contributed by atoms with Gasteiger partial charge in [0.15, 0.2) is 10.3 Å². The molecule has 0 atom stereocenters. The maximum absolute atomic E-state index is 12.2. The molecule has 0 radical (unpaired) electrons. The first-order valence-corrected chi connectivity index (χ1v) is 11.4. The van der Waals surface area contributed by atoms with Crippen LogP contribution in [-0.4, -0.2) is 26.6 Å². The van der Waals surface area contributed by atoms with E-state index in [1.807, 2.05) is 29.6 Å². The Balaban J connectivity index is 1.25. The Bertz CT molecular complexity index is 1120. The molecular formula is C22H22N4OS2. The molecule has 0 aliphatic rings. The van der Waals surface area contributed by atoms with Crippen LogP contribution in [0.15, 0.2) is 53.0 Å². The van der Waals surface area contributed by atoms with E-state index in [1.165, 1.54) is 22.5 Å². The Hall–Kier alpha value is -2.64. The molecule has 4 aromatic rings. The van der Waals surface area contributed by atoms with Gasteiger partial charge >= 0.3 is 0 Å². The van der Waals surface area contributed by atoms with Crippen LogP contribution in [0.2, 0.25) is 0 Å². The van der Waals surface area contributed by atoms with E-state index >= 15 is 0 Å². The van der Waals surface area contributed by atoms with Gasteiger partial charge in [0.25, 0.3) is 0 Å². The number of hydrogen-bond acceptors (Lipinski definition) is 5. The third kappa shape index (κ3) is 4.86. The van der Waals surface area contributed by atoms with Gasteiger partial charge in [-0.1, -0.05) is 36.0 Å². The molecular weight excluding hydrogens is 400 g/mol. The molecule has 1 amide bonds. The molecule has 0 saturated heterocycles. The van der Waals surface area contributed by atoms with Crippen LogP contribution in [0.5, 0.6) is 0 Å². The third-order valence-corrected chi connectivity index (χ3v) is 6.43. The number of anilines is 1. The first-order valence-electron chi connectivity index (χ1n) is 9.49. The van der Waals surface area contributed by atoms with E-state index in [1.54, 1.807) is 11.8 Å². The minimum Gasteiger partial charge on any atom is -0.333 e. The minimum absolute atomic E-state index is 0.00353. The summed E-state index contributed by atoms with van der Waals surface area (Å²) in [6, 6.07) is 14.3. The van der Waals surface area contributed by atoms with Crippen molar-refractivity contribution in [2.75, 3.05) is 11.1 Å². The van der Waals surface area contributed by atoms with Crippen LogP contribution in [0.3, 0.4) is 0 Å². The van der Waals surface area contributed by atoms with Gasteiger partial charge in [0.2, 0.25) is 5.91 Å². The lowest BCUT2D eigenvalue weighted by Gasteiger charge is -2.03. The van der Waals surface area contributed by atoms with E-state index in [0.717, 1.165) is 39.6 Å². The van der Waals surface area contributed by atoms with Gasteiger partial charge in [-0.15, -0.1) is 11.3 Å². The van der Waals surface area contributed by atoms with Gasteiger partial charge in [0.05, 0.1) is 16.7 Å². The van der Waals surface area contributed by atoms with Crippen molar-refractivity contribution in [3.63, 3.8) is 0 Å². The van der Waals surface area contributed by atoms with E-state index in [0.29, 0.717) is 11.6 Å². The molecule has 5 nitrogen and oxygen atoms in total. The number of imidazole rings is 1. The number of aryl methyl sites for hydroxylation is 2. The summed E-state index contributed by atoms with van der Waals surface area (Å²) in [6.45, 7) is 4.19. The first kappa shape index (κ1) is 19.7. The number of nitrogens with zero attached hydrogens (tertiary/aromatic N) is 2. The van der Waals surface area contributed by atoms with Gasteiger partial charge in [-0.2, -0.15) is 0 Å². The van der Waals surface area contributed by atoms with Crippen molar-refractivity contribution in [1.29, 1.82) is 0 Å². The quantitative estimate of drug-likeness (QED) is 0.291. The number of H-pyrrole nitrogens is 1. The summed E-state index contributed by atoms with van der Waals surface area (Å²) in [5.41, 5.74) is 6.48. The third-order valence-electron chi connectivity index (χ3n) is 4.71. The van der Waals surface area contributed by atoms with E-state index in [2.05, 4.69) is 52.3 Å². The molecule has 2 heterocycles. The summed E-state index contributed by atoms with van der Waals surface area (Å²) in [6.07, 6.45) is 1.24. The highest BCUT2D eigenvalue weighted by Gasteiger charge is 2.09. The van der Waals surface area contributed by atoms with Crippen LogP contribution >= 0.6 is 23.1 Å². The van der Waals surface area contributed by atoms with Gasteiger partial charge in [0, 0.05) is 23.1 Å². The number of carbonyl (C=O) groups is 1. The molecule has 4 rings (SSSR count). The summed E-state index contributed by atoms with van der Waals surface area (Å²) in [7, 11) is 0. The lowest BCUT2D eigenvalue weighted by Crippen LogP contribution is -2.11. The Kier molecular flexibility index (Phi) is 5.97. The normalized spacial score (nSPS) is 11.1. The van der Waals surface area contributed by atoms with Gasteiger partial charge < -0.3 is 10.3 Å². The molecule has 0 aliphatic carbocycles. The highest BCUT2D eigenvalue weighted by molar-refractivity contribution is 7.99. The van der Waals surface area contributed by atoms with Gasteiger partial charge in [-0.25, -0.2) is 9.97 Å². The zero-order valence-electron chi connectivity index (χ0n) is 16.4. The number of nitrogens with one attached hydrogen (secondary N) is 2. The number of fused-ring (bicyclic) bond motifs is 1. The van der Waals surface area contributed by atoms with Gasteiger partial charge in [0.1, 0.15) is 0 Å². The van der Waals surface area contributed by atoms with Crippen molar-refractivity contribution in [3.8, 4) is 11.3 Å². The van der Waals surface area contributed by atoms with E-state index in [9.17, 15) is 4.79 Å². The number of aromatic amines is 1. The maximum atomic E-state index is 12.2. The fourth-order valence-corrected chi connectivity index (χ4v) is 4.51. The predicted octanol–water partition coefficient (Wildman–Crippen LogP) is 5.81. The number of aromatic nitrogens is 3. The molecule has 29 heavy (non-hydrogen) atoms. The molecule has 0 unspecified atom stereocenters. The molecule has 2 aromatic carbocycles. The van der Waals surface area contributed by atoms with Crippen molar-refractivity contribution in [2.24, 2.45) is 0 Å². The SMILES string of the molecule is Cc1ccc(-c2csc(NC(=O)CCCSc3nc4ccccc4[nH]3)n2)cc1C. The molecule has 2 N–H and O–H groups in total. The molecule has 0 fully saturated rings. The molecule has 0 saturated carbocycles. The van der Waals surface area contributed by atoms with Gasteiger partial charge in [-0.05, 0) is 49.6 Å². The Morgan fingerprint density at radius 1 is 1.14 bits per heavy atom. The number of benzene rings is 2. The van der Waals surface area contributed by atoms with Crippen molar-refractivity contribution >= 4 is 45.2 Å². The second-order valence-corrected chi connectivity index (χ2v) is 8.84. The zero-order valence-corrected chi connectivity index (χ0v) is 18.0. The lowest BCUT2D eigenvalue weighted by atomic mass is 10.1. The van der Waals surface area contributed by atoms with Crippen molar-refractivity contribution in [1.82, 2.24) is 15.0 Å². The molecule has 7 heteroatoms. The first-order chi connectivity index (χ1) is 14.1. The van der Waals surface area contributed by atoms with Gasteiger partial charge in [-0.3, -0.25) is 4.79 Å². The lowest BCUT2D eigenvalue weighted by molar-refractivity contribution is -0.116. The van der Waals surface area contributed by atoms with E-state index in [-0.39, 0.29) is 5.91 Å². The molecule has 0 aliphatic heterocycles. The average molecular weight is 423 g/mol. The fraction of sp³-hybridized carbons (Fsp3) is 0.227. The van der Waals surface area contributed by atoms with Crippen LogP contribution < -0.4 is 5.32 Å². The number of rotatable bonds is 7. The summed E-state index contributed by atoms with van der Waals surface area (Å²) >= 11 is 3.10.